The summed E-state index contributed by atoms with van der Waals surface area (Å²) in [6, 6.07) is 7.20. The van der Waals surface area contributed by atoms with Gasteiger partial charge in [0.25, 0.3) is 0 Å². The monoisotopic (exact) mass is 266 g/mol. The molecule has 3 N–H and O–H groups in total. The Morgan fingerprint density at radius 2 is 1.94 bits per heavy atom. The van der Waals surface area contributed by atoms with Gasteiger partial charge in [0.1, 0.15) is 0 Å². The maximum absolute atomic E-state index is 10.5. The highest BCUT2D eigenvalue weighted by Gasteiger charge is 2.02. The zero-order valence-corrected chi connectivity index (χ0v) is 11.4. The van der Waals surface area contributed by atoms with Crippen molar-refractivity contribution in [1.82, 2.24) is 5.32 Å². The lowest BCUT2D eigenvalue weighted by Crippen LogP contribution is -2.31. The minimum absolute atomic E-state index is 0.0380. The molecule has 0 fully saturated rings. The lowest BCUT2D eigenvalue weighted by molar-refractivity contribution is -0.136. The number of hydrogen-bond donors (Lipinski definition) is 3. The van der Waals surface area contributed by atoms with Gasteiger partial charge in [-0.25, -0.2) is 0 Å². The van der Waals surface area contributed by atoms with Crippen LogP contribution in [0.15, 0.2) is 24.3 Å². The average molecular weight is 266 g/mol. The van der Waals surface area contributed by atoms with Crippen LogP contribution >= 0.6 is 12.2 Å². The predicted molar refractivity (Wildman–Crippen MR) is 76.8 cm³/mol. The Morgan fingerprint density at radius 1 is 1.33 bits per heavy atom. The first-order chi connectivity index (χ1) is 8.47. The number of aliphatic carboxylic acids is 1. The van der Waals surface area contributed by atoms with Crippen molar-refractivity contribution in [3.63, 3.8) is 0 Å². The van der Waals surface area contributed by atoms with Crippen molar-refractivity contribution in [2.75, 3.05) is 11.9 Å². The van der Waals surface area contributed by atoms with E-state index < -0.39 is 5.97 Å². The maximum atomic E-state index is 10.5. The van der Waals surface area contributed by atoms with Crippen LogP contribution in [0, 0.1) is 5.92 Å². The zero-order chi connectivity index (χ0) is 13.5. The highest BCUT2D eigenvalue weighted by Crippen LogP contribution is 2.10. The van der Waals surface area contributed by atoms with Crippen LogP contribution in [-0.4, -0.2) is 22.7 Å². The molecule has 0 atom stereocenters. The fourth-order valence-corrected chi connectivity index (χ4v) is 1.55. The second-order valence-corrected chi connectivity index (χ2v) is 4.90. The molecule has 1 aromatic carbocycles. The van der Waals surface area contributed by atoms with E-state index in [1.807, 2.05) is 12.1 Å². The number of carbonyl (C=O) groups is 1. The van der Waals surface area contributed by atoms with Gasteiger partial charge < -0.3 is 15.7 Å². The van der Waals surface area contributed by atoms with Gasteiger partial charge in [-0.15, -0.1) is 0 Å². The lowest BCUT2D eigenvalue weighted by Gasteiger charge is -2.12. The van der Waals surface area contributed by atoms with Crippen molar-refractivity contribution in [3.05, 3.63) is 29.8 Å². The second kappa shape index (κ2) is 6.96. The number of carboxylic acids is 1. The van der Waals surface area contributed by atoms with Gasteiger partial charge in [-0.05, 0) is 35.8 Å². The predicted octanol–water partition coefficient (Wildman–Crippen LogP) is 2.26. The summed E-state index contributed by atoms with van der Waals surface area (Å²) < 4.78 is 0. The van der Waals surface area contributed by atoms with E-state index >= 15 is 0 Å². The van der Waals surface area contributed by atoms with Crippen LogP contribution in [0.3, 0.4) is 0 Å². The summed E-state index contributed by atoms with van der Waals surface area (Å²) in [6.07, 6.45) is 0.0380. The zero-order valence-electron chi connectivity index (χ0n) is 10.6. The van der Waals surface area contributed by atoms with Gasteiger partial charge in [-0.2, -0.15) is 0 Å². The van der Waals surface area contributed by atoms with Crippen LogP contribution in [0.25, 0.3) is 0 Å². The molecular formula is C13H18N2O2S. The smallest absolute Gasteiger partial charge is 0.307 e. The molecule has 0 saturated carbocycles. The summed E-state index contributed by atoms with van der Waals surface area (Å²) in [6.45, 7) is 5.04. The summed E-state index contributed by atoms with van der Waals surface area (Å²) in [5.74, 6) is -0.299. The molecule has 0 aromatic heterocycles. The van der Waals surface area contributed by atoms with Gasteiger partial charge in [0.2, 0.25) is 0 Å². The third-order valence-corrected chi connectivity index (χ3v) is 2.48. The molecule has 0 amide bonds. The molecule has 98 valence electrons. The van der Waals surface area contributed by atoms with Crippen LogP contribution in [-0.2, 0) is 11.2 Å². The van der Waals surface area contributed by atoms with Crippen LogP contribution in [0.1, 0.15) is 19.4 Å². The van der Waals surface area contributed by atoms with E-state index in [0.717, 1.165) is 17.8 Å². The van der Waals surface area contributed by atoms with Crippen molar-refractivity contribution < 1.29 is 9.90 Å². The largest absolute Gasteiger partial charge is 0.481 e. The SMILES string of the molecule is CC(C)CNC(=S)Nc1ccc(CC(=O)O)cc1. The second-order valence-electron chi connectivity index (χ2n) is 4.50. The molecule has 4 nitrogen and oxygen atoms in total. The Morgan fingerprint density at radius 3 is 2.44 bits per heavy atom. The maximum Gasteiger partial charge on any atom is 0.307 e. The van der Waals surface area contributed by atoms with Crippen molar-refractivity contribution >= 4 is 29.0 Å². The third-order valence-electron chi connectivity index (χ3n) is 2.24. The molecule has 1 rings (SSSR count). The van der Waals surface area contributed by atoms with E-state index in [9.17, 15) is 4.79 Å². The molecule has 0 saturated heterocycles. The van der Waals surface area contributed by atoms with E-state index in [0.29, 0.717) is 11.0 Å². The van der Waals surface area contributed by atoms with Crippen molar-refractivity contribution in [3.8, 4) is 0 Å². The Bertz CT molecular complexity index is 416. The highest BCUT2D eigenvalue weighted by atomic mass is 32.1. The quantitative estimate of drug-likeness (QED) is 0.714. The molecule has 0 spiro atoms. The molecule has 1 aromatic rings. The first-order valence-corrected chi connectivity index (χ1v) is 6.24. The fourth-order valence-electron chi connectivity index (χ4n) is 1.35. The minimum Gasteiger partial charge on any atom is -0.481 e. The lowest BCUT2D eigenvalue weighted by atomic mass is 10.1. The van der Waals surface area contributed by atoms with Gasteiger partial charge >= 0.3 is 5.97 Å². The number of benzene rings is 1. The van der Waals surface area contributed by atoms with E-state index in [1.54, 1.807) is 12.1 Å². The highest BCUT2D eigenvalue weighted by molar-refractivity contribution is 7.80. The molecular weight excluding hydrogens is 248 g/mol. The number of thiocarbonyl (C=S) groups is 1. The van der Waals surface area contributed by atoms with Crippen molar-refractivity contribution in [2.45, 2.75) is 20.3 Å². The Hall–Kier alpha value is -1.62. The number of hydrogen-bond acceptors (Lipinski definition) is 2. The van der Waals surface area contributed by atoms with E-state index in [2.05, 4.69) is 24.5 Å². The van der Waals surface area contributed by atoms with Gasteiger partial charge in [0.15, 0.2) is 5.11 Å². The topological polar surface area (TPSA) is 61.4 Å². The van der Waals surface area contributed by atoms with Gasteiger partial charge in [0.05, 0.1) is 6.42 Å². The molecule has 0 bridgehead atoms. The molecule has 5 heteroatoms. The summed E-state index contributed by atoms with van der Waals surface area (Å²) in [4.78, 5) is 10.5. The molecule has 0 unspecified atom stereocenters. The Kier molecular flexibility index (Phi) is 5.58. The standard InChI is InChI=1S/C13H18N2O2S/c1-9(2)8-14-13(18)15-11-5-3-10(4-6-11)7-12(16)17/h3-6,9H,7-8H2,1-2H3,(H,16,17)(H2,14,15,18). The normalized spacial score (nSPS) is 10.2. The Labute approximate surface area is 112 Å². The van der Waals surface area contributed by atoms with Crippen LogP contribution in [0.4, 0.5) is 5.69 Å². The van der Waals surface area contributed by atoms with E-state index in [-0.39, 0.29) is 6.42 Å². The number of carboxylic acid groups (broad SMARTS) is 1. The Balaban J connectivity index is 2.48. The van der Waals surface area contributed by atoms with Crippen LogP contribution in [0.2, 0.25) is 0 Å². The fraction of sp³-hybridized carbons (Fsp3) is 0.385. The molecule has 18 heavy (non-hydrogen) atoms. The van der Waals surface area contributed by atoms with Gasteiger partial charge in [0, 0.05) is 12.2 Å². The molecule has 0 aliphatic heterocycles. The minimum atomic E-state index is -0.829. The first kappa shape index (κ1) is 14.4. The summed E-state index contributed by atoms with van der Waals surface area (Å²) in [5, 5.41) is 15.4. The van der Waals surface area contributed by atoms with Crippen molar-refractivity contribution in [2.24, 2.45) is 5.92 Å². The number of nitrogens with one attached hydrogen (secondary N) is 2. The number of anilines is 1. The average Bonchev–Trinajstić information content (AvgIpc) is 2.28. The third kappa shape index (κ3) is 5.63. The molecule has 0 radical (unpaired) electrons. The van der Waals surface area contributed by atoms with Gasteiger partial charge in [-0.3, -0.25) is 4.79 Å². The molecule has 0 aliphatic carbocycles. The number of rotatable bonds is 5. The van der Waals surface area contributed by atoms with Crippen molar-refractivity contribution in [1.29, 1.82) is 0 Å². The van der Waals surface area contributed by atoms with E-state index in [4.69, 9.17) is 17.3 Å². The summed E-state index contributed by atoms with van der Waals surface area (Å²) >= 11 is 5.14. The van der Waals surface area contributed by atoms with Gasteiger partial charge in [-0.1, -0.05) is 26.0 Å². The first-order valence-electron chi connectivity index (χ1n) is 5.83. The molecule has 0 heterocycles. The molecule has 0 aliphatic rings. The van der Waals surface area contributed by atoms with Crippen LogP contribution in [0.5, 0.6) is 0 Å². The van der Waals surface area contributed by atoms with E-state index in [1.165, 1.54) is 0 Å². The van der Waals surface area contributed by atoms with Crippen LogP contribution < -0.4 is 10.6 Å². The summed E-state index contributed by atoms with van der Waals surface area (Å²) in [5.41, 5.74) is 1.62. The summed E-state index contributed by atoms with van der Waals surface area (Å²) in [7, 11) is 0.